The molecule has 21 heavy (non-hydrogen) atoms. The summed E-state index contributed by atoms with van der Waals surface area (Å²) in [5.41, 5.74) is 6.70. The van der Waals surface area contributed by atoms with E-state index < -0.39 is 23.8 Å². The van der Waals surface area contributed by atoms with Gasteiger partial charge in [-0.25, -0.2) is 4.79 Å². The standard InChI is InChI=1S/C14H17N3O4/c15-7-11(18)16-8-12(19)17-6-5-9-3-1-2-4-10(9)13(17)14(20)21/h1-4,13H,5-8,15H2,(H,16,18)(H,20,21). The summed E-state index contributed by atoms with van der Waals surface area (Å²) in [5, 5.41) is 11.8. The number of carbonyl (C=O) groups excluding carboxylic acids is 2. The molecule has 112 valence electrons. The molecule has 1 heterocycles. The molecule has 0 aromatic heterocycles. The molecule has 2 amide bonds. The monoisotopic (exact) mass is 291 g/mol. The number of hydrogen-bond donors (Lipinski definition) is 3. The van der Waals surface area contributed by atoms with Crippen LogP contribution in [0.2, 0.25) is 0 Å². The summed E-state index contributed by atoms with van der Waals surface area (Å²) in [6, 6.07) is 6.16. The third kappa shape index (κ3) is 3.19. The molecule has 1 atom stereocenters. The van der Waals surface area contributed by atoms with Gasteiger partial charge < -0.3 is 21.1 Å². The van der Waals surface area contributed by atoms with Gasteiger partial charge in [0.25, 0.3) is 0 Å². The molecule has 0 saturated carbocycles. The van der Waals surface area contributed by atoms with Gasteiger partial charge in [-0.1, -0.05) is 24.3 Å². The zero-order valence-corrected chi connectivity index (χ0v) is 11.4. The number of nitrogens with two attached hydrogens (primary N) is 1. The van der Waals surface area contributed by atoms with Crippen molar-refractivity contribution in [2.45, 2.75) is 12.5 Å². The van der Waals surface area contributed by atoms with Crippen molar-refractivity contribution in [3.05, 3.63) is 35.4 Å². The fraction of sp³-hybridized carbons (Fsp3) is 0.357. The topological polar surface area (TPSA) is 113 Å². The maximum atomic E-state index is 12.2. The van der Waals surface area contributed by atoms with Crippen LogP contribution < -0.4 is 11.1 Å². The highest BCUT2D eigenvalue weighted by Gasteiger charge is 2.35. The lowest BCUT2D eigenvalue weighted by atomic mass is 9.92. The minimum Gasteiger partial charge on any atom is -0.479 e. The Morgan fingerprint density at radius 3 is 2.71 bits per heavy atom. The SMILES string of the molecule is NCC(=O)NCC(=O)N1CCc2ccccc2C1C(=O)O. The van der Waals surface area contributed by atoms with Crippen molar-refractivity contribution in [3.63, 3.8) is 0 Å². The van der Waals surface area contributed by atoms with E-state index in [2.05, 4.69) is 5.32 Å². The van der Waals surface area contributed by atoms with Crippen LogP contribution in [-0.2, 0) is 20.8 Å². The van der Waals surface area contributed by atoms with Gasteiger partial charge in [0.2, 0.25) is 11.8 Å². The number of hydrogen-bond acceptors (Lipinski definition) is 4. The number of nitrogens with zero attached hydrogens (tertiary/aromatic N) is 1. The van der Waals surface area contributed by atoms with E-state index in [9.17, 15) is 19.5 Å². The van der Waals surface area contributed by atoms with Crippen LogP contribution >= 0.6 is 0 Å². The largest absolute Gasteiger partial charge is 0.479 e. The number of amides is 2. The third-order valence-corrected chi connectivity index (χ3v) is 3.46. The summed E-state index contributed by atoms with van der Waals surface area (Å²) in [6.45, 7) is -0.147. The molecule has 1 aliphatic heterocycles. The minimum atomic E-state index is -1.08. The summed E-state index contributed by atoms with van der Waals surface area (Å²) >= 11 is 0. The first kappa shape index (κ1) is 15.0. The molecule has 0 saturated heterocycles. The molecule has 7 heteroatoms. The Bertz CT molecular complexity index is 573. The lowest BCUT2D eigenvalue weighted by molar-refractivity contribution is -0.151. The number of carboxylic acid groups (broad SMARTS) is 1. The van der Waals surface area contributed by atoms with E-state index in [0.29, 0.717) is 18.5 Å². The average molecular weight is 291 g/mol. The highest BCUT2D eigenvalue weighted by molar-refractivity contribution is 5.89. The van der Waals surface area contributed by atoms with Gasteiger partial charge >= 0.3 is 5.97 Å². The summed E-state index contributed by atoms with van der Waals surface area (Å²) in [5.74, 6) is -1.97. The van der Waals surface area contributed by atoms with Crippen molar-refractivity contribution in [3.8, 4) is 0 Å². The molecular formula is C14H17N3O4. The van der Waals surface area contributed by atoms with E-state index in [1.165, 1.54) is 4.90 Å². The van der Waals surface area contributed by atoms with Crippen LogP contribution in [0, 0.1) is 0 Å². The zero-order valence-electron chi connectivity index (χ0n) is 11.4. The molecule has 2 rings (SSSR count). The normalized spacial score (nSPS) is 17.0. The molecule has 0 spiro atoms. The molecule has 0 bridgehead atoms. The maximum Gasteiger partial charge on any atom is 0.331 e. The highest BCUT2D eigenvalue weighted by atomic mass is 16.4. The second-order valence-electron chi connectivity index (χ2n) is 4.76. The van der Waals surface area contributed by atoms with Crippen molar-refractivity contribution in [1.29, 1.82) is 0 Å². The number of fused-ring (bicyclic) bond motifs is 1. The lowest BCUT2D eigenvalue weighted by Crippen LogP contribution is -2.48. The van der Waals surface area contributed by atoms with Crippen molar-refractivity contribution < 1.29 is 19.5 Å². The van der Waals surface area contributed by atoms with Crippen molar-refractivity contribution >= 4 is 17.8 Å². The van der Waals surface area contributed by atoms with E-state index >= 15 is 0 Å². The van der Waals surface area contributed by atoms with E-state index in [1.54, 1.807) is 12.1 Å². The van der Waals surface area contributed by atoms with Crippen LogP contribution in [0.1, 0.15) is 17.2 Å². The van der Waals surface area contributed by atoms with Gasteiger partial charge in [-0.3, -0.25) is 9.59 Å². The fourth-order valence-corrected chi connectivity index (χ4v) is 2.45. The van der Waals surface area contributed by atoms with Gasteiger partial charge in [-0.2, -0.15) is 0 Å². The molecule has 1 unspecified atom stereocenters. The van der Waals surface area contributed by atoms with Crippen molar-refractivity contribution in [2.24, 2.45) is 5.73 Å². The van der Waals surface area contributed by atoms with Crippen molar-refractivity contribution in [1.82, 2.24) is 10.2 Å². The second-order valence-corrected chi connectivity index (χ2v) is 4.76. The first-order valence-electron chi connectivity index (χ1n) is 6.61. The Balaban J connectivity index is 2.18. The maximum absolute atomic E-state index is 12.2. The zero-order chi connectivity index (χ0) is 15.4. The van der Waals surface area contributed by atoms with Crippen LogP contribution in [-0.4, -0.2) is 47.4 Å². The Morgan fingerprint density at radius 2 is 2.05 bits per heavy atom. The van der Waals surface area contributed by atoms with Gasteiger partial charge in [-0.15, -0.1) is 0 Å². The van der Waals surface area contributed by atoms with Crippen molar-refractivity contribution in [2.75, 3.05) is 19.6 Å². The van der Waals surface area contributed by atoms with Gasteiger partial charge in [0, 0.05) is 6.54 Å². The predicted molar refractivity (Wildman–Crippen MR) is 74.3 cm³/mol. The summed E-state index contributed by atoms with van der Waals surface area (Å²) in [7, 11) is 0. The Morgan fingerprint density at radius 1 is 1.33 bits per heavy atom. The van der Waals surface area contributed by atoms with Gasteiger partial charge in [0.05, 0.1) is 13.1 Å². The number of benzene rings is 1. The molecule has 1 aromatic carbocycles. The quantitative estimate of drug-likeness (QED) is 0.677. The number of carboxylic acids is 1. The predicted octanol–water partition coefficient (Wildman–Crippen LogP) is -0.728. The number of aliphatic carboxylic acids is 1. The minimum absolute atomic E-state index is 0.210. The van der Waals surface area contributed by atoms with Crippen LogP contribution in [0.5, 0.6) is 0 Å². The smallest absolute Gasteiger partial charge is 0.331 e. The number of rotatable bonds is 4. The molecule has 4 N–H and O–H groups in total. The molecule has 1 aliphatic rings. The first-order valence-corrected chi connectivity index (χ1v) is 6.61. The summed E-state index contributed by atoms with van der Waals surface area (Å²) in [4.78, 5) is 36.0. The van der Waals surface area contributed by atoms with Crippen LogP contribution in [0.4, 0.5) is 0 Å². The Kier molecular flexibility index (Phi) is 4.54. The van der Waals surface area contributed by atoms with Gasteiger partial charge in [0.1, 0.15) is 0 Å². The molecule has 7 nitrogen and oxygen atoms in total. The Hall–Kier alpha value is -2.41. The Labute approximate surface area is 121 Å². The highest BCUT2D eigenvalue weighted by Crippen LogP contribution is 2.29. The summed E-state index contributed by atoms with van der Waals surface area (Å²) in [6.07, 6.45) is 0.594. The van der Waals surface area contributed by atoms with E-state index in [4.69, 9.17) is 5.73 Å². The second kappa shape index (κ2) is 6.36. The third-order valence-electron chi connectivity index (χ3n) is 3.46. The van der Waals surface area contributed by atoms with E-state index in [-0.39, 0.29) is 13.1 Å². The van der Waals surface area contributed by atoms with E-state index in [1.807, 2.05) is 12.1 Å². The summed E-state index contributed by atoms with van der Waals surface area (Å²) < 4.78 is 0. The molecule has 1 aromatic rings. The van der Waals surface area contributed by atoms with Gasteiger partial charge in [0.15, 0.2) is 6.04 Å². The van der Waals surface area contributed by atoms with Crippen LogP contribution in [0.3, 0.4) is 0 Å². The van der Waals surface area contributed by atoms with E-state index in [0.717, 1.165) is 5.56 Å². The first-order chi connectivity index (χ1) is 10.0. The van der Waals surface area contributed by atoms with Gasteiger partial charge in [-0.05, 0) is 17.5 Å². The number of nitrogens with one attached hydrogen (secondary N) is 1. The fourth-order valence-electron chi connectivity index (χ4n) is 2.45. The van der Waals surface area contributed by atoms with Crippen LogP contribution in [0.25, 0.3) is 0 Å². The van der Waals surface area contributed by atoms with Crippen LogP contribution in [0.15, 0.2) is 24.3 Å². The molecule has 0 radical (unpaired) electrons. The molecule has 0 aliphatic carbocycles. The number of carbonyl (C=O) groups is 3. The lowest BCUT2D eigenvalue weighted by Gasteiger charge is -2.34. The molecular weight excluding hydrogens is 274 g/mol. The molecule has 0 fully saturated rings. The average Bonchev–Trinajstić information content (AvgIpc) is 2.50.